The Hall–Kier alpha value is -1.42. The summed E-state index contributed by atoms with van der Waals surface area (Å²) in [5, 5.41) is 8.32. The molecular formula is C10H7BrO3. The molecule has 0 saturated carbocycles. The number of hydrogen-bond acceptors (Lipinski definition) is 2. The monoisotopic (exact) mass is 254 g/mol. The summed E-state index contributed by atoms with van der Waals surface area (Å²) >= 11 is 3.22. The lowest BCUT2D eigenvalue weighted by Gasteiger charge is -1.95. The van der Waals surface area contributed by atoms with Gasteiger partial charge in [0.05, 0.1) is 0 Å². The fraction of sp³-hybridized carbons (Fsp3) is 0. The third-order valence-electron chi connectivity index (χ3n) is 1.49. The van der Waals surface area contributed by atoms with Gasteiger partial charge >= 0.3 is 5.97 Å². The van der Waals surface area contributed by atoms with E-state index in [0.717, 1.165) is 16.6 Å². The van der Waals surface area contributed by atoms with Crippen LogP contribution in [0.4, 0.5) is 0 Å². The number of hydrogen-bond donors (Lipinski definition) is 1. The van der Waals surface area contributed by atoms with Gasteiger partial charge < -0.3 is 5.11 Å². The van der Waals surface area contributed by atoms with Crippen LogP contribution in [0.1, 0.15) is 10.4 Å². The molecule has 0 unspecified atom stereocenters. The summed E-state index contributed by atoms with van der Waals surface area (Å²) < 4.78 is 0.784. The Kier molecular flexibility index (Phi) is 3.59. The molecule has 0 radical (unpaired) electrons. The Bertz CT molecular complexity index is 396. The highest BCUT2D eigenvalue weighted by Crippen LogP contribution is 2.12. The number of carboxylic acid groups (broad SMARTS) is 1. The highest BCUT2D eigenvalue weighted by atomic mass is 79.9. The van der Waals surface area contributed by atoms with Gasteiger partial charge in [0, 0.05) is 16.1 Å². The first kappa shape index (κ1) is 10.7. The van der Waals surface area contributed by atoms with Crippen LogP contribution in [0.25, 0.3) is 0 Å². The summed E-state index contributed by atoms with van der Waals surface area (Å²) in [5.74, 6) is -1.46. The Morgan fingerprint density at radius 2 is 2.00 bits per heavy atom. The fourth-order valence-electron chi connectivity index (χ4n) is 0.885. The average Bonchev–Trinajstić information content (AvgIpc) is 2.14. The Labute approximate surface area is 89.2 Å². The number of ketones is 1. The van der Waals surface area contributed by atoms with Gasteiger partial charge in [0.25, 0.3) is 0 Å². The molecule has 1 N–H and O–H groups in total. The van der Waals surface area contributed by atoms with Crippen molar-refractivity contribution in [2.45, 2.75) is 0 Å². The minimum atomic E-state index is -1.13. The number of allylic oxidation sites excluding steroid dienone is 1. The van der Waals surface area contributed by atoms with E-state index in [9.17, 15) is 9.59 Å². The van der Waals surface area contributed by atoms with E-state index in [2.05, 4.69) is 15.9 Å². The van der Waals surface area contributed by atoms with Crippen molar-refractivity contribution in [1.29, 1.82) is 0 Å². The summed E-state index contributed by atoms with van der Waals surface area (Å²) in [6.07, 6.45) is 1.85. The van der Waals surface area contributed by atoms with Crippen LogP contribution in [0.5, 0.6) is 0 Å². The average molecular weight is 255 g/mol. The van der Waals surface area contributed by atoms with Crippen molar-refractivity contribution in [3.05, 3.63) is 46.5 Å². The van der Waals surface area contributed by atoms with Crippen LogP contribution < -0.4 is 0 Å². The SMILES string of the molecule is O=C(O)/C=C/C(=O)c1cccc(Br)c1. The van der Waals surface area contributed by atoms with Gasteiger partial charge in [-0.2, -0.15) is 0 Å². The van der Waals surface area contributed by atoms with Gasteiger partial charge in [-0.05, 0) is 18.2 Å². The van der Waals surface area contributed by atoms with E-state index in [1.807, 2.05) is 0 Å². The summed E-state index contributed by atoms with van der Waals surface area (Å²) in [5.41, 5.74) is 0.455. The van der Waals surface area contributed by atoms with Crippen LogP contribution in [-0.2, 0) is 4.79 Å². The van der Waals surface area contributed by atoms with Crippen LogP contribution in [-0.4, -0.2) is 16.9 Å². The molecule has 1 aromatic rings. The predicted octanol–water partition coefficient (Wildman–Crippen LogP) is 2.27. The maximum Gasteiger partial charge on any atom is 0.328 e. The van der Waals surface area contributed by atoms with Gasteiger partial charge in [-0.25, -0.2) is 4.79 Å². The van der Waals surface area contributed by atoms with Gasteiger partial charge in [-0.1, -0.05) is 28.1 Å². The summed E-state index contributed by atoms with van der Waals surface area (Å²) in [7, 11) is 0. The van der Waals surface area contributed by atoms with Crippen molar-refractivity contribution in [3.8, 4) is 0 Å². The Morgan fingerprint density at radius 3 is 2.57 bits per heavy atom. The lowest BCUT2D eigenvalue weighted by Crippen LogP contribution is -1.96. The van der Waals surface area contributed by atoms with Gasteiger partial charge in [0.2, 0.25) is 0 Å². The van der Waals surface area contributed by atoms with Crippen LogP contribution >= 0.6 is 15.9 Å². The fourth-order valence-corrected chi connectivity index (χ4v) is 1.28. The van der Waals surface area contributed by atoms with Gasteiger partial charge in [-0.3, -0.25) is 4.79 Å². The van der Waals surface area contributed by atoms with Crippen molar-refractivity contribution in [2.24, 2.45) is 0 Å². The summed E-state index contributed by atoms with van der Waals surface area (Å²) in [6, 6.07) is 6.76. The molecule has 0 bridgehead atoms. The molecule has 0 aliphatic heterocycles. The molecule has 14 heavy (non-hydrogen) atoms. The van der Waals surface area contributed by atoms with E-state index < -0.39 is 5.97 Å². The number of benzene rings is 1. The van der Waals surface area contributed by atoms with Gasteiger partial charge in [0.15, 0.2) is 5.78 Å². The second-order valence-electron chi connectivity index (χ2n) is 2.55. The molecule has 0 saturated heterocycles. The van der Waals surface area contributed by atoms with E-state index in [0.29, 0.717) is 5.56 Å². The molecule has 0 spiro atoms. The predicted molar refractivity (Wildman–Crippen MR) is 55.2 cm³/mol. The number of carbonyl (C=O) groups is 2. The second kappa shape index (κ2) is 4.72. The first-order valence-corrected chi connectivity index (χ1v) is 4.60. The number of rotatable bonds is 3. The zero-order valence-electron chi connectivity index (χ0n) is 7.11. The van der Waals surface area contributed by atoms with E-state index >= 15 is 0 Å². The molecule has 0 heterocycles. The van der Waals surface area contributed by atoms with Gasteiger partial charge in [-0.15, -0.1) is 0 Å². The molecule has 72 valence electrons. The topological polar surface area (TPSA) is 54.4 Å². The largest absolute Gasteiger partial charge is 0.478 e. The maximum atomic E-state index is 11.3. The molecule has 1 aromatic carbocycles. The number of carbonyl (C=O) groups excluding carboxylic acids is 1. The second-order valence-corrected chi connectivity index (χ2v) is 3.46. The molecule has 0 aliphatic carbocycles. The molecule has 3 nitrogen and oxygen atoms in total. The Balaban J connectivity index is 2.85. The van der Waals surface area contributed by atoms with Crippen molar-refractivity contribution in [3.63, 3.8) is 0 Å². The molecule has 0 amide bonds. The lowest BCUT2D eigenvalue weighted by molar-refractivity contribution is -0.131. The lowest BCUT2D eigenvalue weighted by atomic mass is 10.1. The highest BCUT2D eigenvalue weighted by molar-refractivity contribution is 9.10. The number of aliphatic carboxylic acids is 1. The summed E-state index contributed by atoms with van der Waals surface area (Å²) in [4.78, 5) is 21.5. The summed E-state index contributed by atoms with van der Waals surface area (Å²) in [6.45, 7) is 0. The molecule has 4 heteroatoms. The third kappa shape index (κ3) is 3.14. The molecule has 0 aromatic heterocycles. The third-order valence-corrected chi connectivity index (χ3v) is 1.98. The normalized spacial score (nSPS) is 10.4. The van der Waals surface area contributed by atoms with Crippen molar-refractivity contribution in [2.75, 3.05) is 0 Å². The highest BCUT2D eigenvalue weighted by Gasteiger charge is 2.01. The molecule has 0 atom stereocenters. The van der Waals surface area contributed by atoms with Crippen LogP contribution in [0.3, 0.4) is 0 Å². The van der Waals surface area contributed by atoms with Crippen LogP contribution in [0, 0.1) is 0 Å². The van der Waals surface area contributed by atoms with Crippen molar-refractivity contribution >= 4 is 27.7 Å². The molecule has 0 fully saturated rings. The standard InChI is InChI=1S/C10H7BrO3/c11-8-3-1-2-7(6-8)9(12)4-5-10(13)14/h1-6H,(H,13,14)/b5-4+. The zero-order valence-corrected chi connectivity index (χ0v) is 8.69. The first-order valence-electron chi connectivity index (χ1n) is 3.80. The van der Waals surface area contributed by atoms with E-state index in [-0.39, 0.29) is 5.78 Å². The molecule has 1 rings (SSSR count). The van der Waals surface area contributed by atoms with Crippen LogP contribution in [0.15, 0.2) is 40.9 Å². The van der Waals surface area contributed by atoms with Crippen molar-refractivity contribution < 1.29 is 14.7 Å². The molecular weight excluding hydrogens is 248 g/mol. The van der Waals surface area contributed by atoms with E-state index in [1.54, 1.807) is 24.3 Å². The molecule has 0 aliphatic rings. The quantitative estimate of drug-likeness (QED) is 0.665. The number of halogens is 1. The minimum absolute atomic E-state index is 0.325. The Morgan fingerprint density at radius 1 is 1.29 bits per heavy atom. The maximum absolute atomic E-state index is 11.3. The smallest absolute Gasteiger partial charge is 0.328 e. The van der Waals surface area contributed by atoms with E-state index in [1.165, 1.54) is 0 Å². The van der Waals surface area contributed by atoms with Crippen molar-refractivity contribution in [1.82, 2.24) is 0 Å². The number of carboxylic acids is 1. The zero-order chi connectivity index (χ0) is 10.6. The van der Waals surface area contributed by atoms with E-state index in [4.69, 9.17) is 5.11 Å². The van der Waals surface area contributed by atoms with Crippen LogP contribution in [0.2, 0.25) is 0 Å². The van der Waals surface area contributed by atoms with Gasteiger partial charge in [0.1, 0.15) is 0 Å². The minimum Gasteiger partial charge on any atom is -0.478 e. The first-order chi connectivity index (χ1) is 6.59.